The molecule has 0 aliphatic heterocycles. The Kier molecular flexibility index (Phi) is 11.7. The van der Waals surface area contributed by atoms with Crippen molar-refractivity contribution in [1.29, 1.82) is 0 Å². The van der Waals surface area contributed by atoms with Gasteiger partial charge in [-0.2, -0.15) is 18.2 Å². The van der Waals surface area contributed by atoms with Crippen LogP contribution >= 0.6 is 0 Å². The average Bonchev–Trinajstić information content (AvgIpc) is 4.15. The van der Waals surface area contributed by atoms with Gasteiger partial charge in [-0.1, -0.05) is 165 Å². The van der Waals surface area contributed by atoms with Gasteiger partial charge in [0, 0.05) is 61.8 Å². The van der Waals surface area contributed by atoms with E-state index in [0.29, 0.717) is 28.4 Å². The van der Waals surface area contributed by atoms with Gasteiger partial charge in [0.2, 0.25) is 5.78 Å². The molecule has 10 heteroatoms. The van der Waals surface area contributed by atoms with E-state index >= 15 is 0 Å². The molecule has 14 aromatic rings. The van der Waals surface area contributed by atoms with E-state index < -0.39 is 0 Å². The number of imidazole rings is 2. The fourth-order valence-electron chi connectivity index (χ4n) is 10.8. The summed E-state index contributed by atoms with van der Waals surface area (Å²) in [6.07, 6.45) is 5.59. The van der Waals surface area contributed by atoms with Crippen molar-refractivity contribution in [2.75, 3.05) is 0 Å². The molecular weight excluding hydrogens is 1130 g/mol. The first kappa shape index (κ1) is 47.5. The molecule has 0 atom stereocenters. The van der Waals surface area contributed by atoms with Crippen molar-refractivity contribution < 1.29 is 25.8 Å². The Labute approximate surface area is 458 Å². The zero-order valence-corrected chi connectivity index (χ0v) is 44.8. The molecule has 0 aliphatic rings. The minimum absolute atomic E-state index is 0. The first-order chi connectivity index (χ1) is 37.2. The molecule has 9 nitrogen and oxygen atoms in total. The van der Waals surface area contributed by atoms with Crippen molar-refractivity contribution in [3.63, 3.8) is 0 Å². The molecule has 5 heterocycles. The fraction of sp³-hybridized carbons (Fsp3) is 0.0746. The van der Waals surface area contributed by atoms with Crippen molar-refractivity contribution in [2.45, 2.75) is 33.1 Å². The number of hydrogen-bond donors (Lipinski definition) is 0. The Balaban J connectivity index is 0.00000566. The molecule has 0 aliphatic carbocycles. The summed E-state index contributed by atoms with van der Waals surface area (Å²) < 4.78 is 15.6. The Hall–Kier alpha value is -9.17. The van der Waals surface area contributed by atoms with Crippen LogP contribution in [0.15, 0.2) is 217 Å². The Morgan fingerprint density at radius 2 is 1.12 bits per heavy atom. The number of nitrogens with zero attached hydrogens (tertiary/aromatic N) is 8. The monoisotopic (exact) mass is 1170 g/mol. The van der Waals surface area contributed by atoms with Crippen LogP contribution in [0.2, 0.25) is 0 Å². The second-order valence-electron chi connectivity index (χ2n) is 20.2. The quantitative estimate of drug-likeness (QED) is 0.0905. The van der Waals surface area contributed by atoms with Crippen molar-refractivity contribution in [2.24, 2.45) is 4.99 Å². The van der Waals surface area contributed by atoms with Crippen LogP contribution in [-0.2, 0) is 26.5 Å². The summed E-state index contributed by atoms with van der Waals surface area (Å²) in [6, 6.07) is 78.3. The number of hydrogen-bond acceptors (Lipinski definition) is 5. The molecule has 9 aromatic carbocycles. The molecule has 0 fully saturated rings. The van der Waals surface area contributed by atoms with Gasteiger partial charge in [-0.15, -0.1) is 34.5 Å². The molecule has 0 spiro atoms. The molecule has 14 rings (SSSR count). The topological polar surface area (TPSA) is 78.9 Å². The summed E-state index contributed by atoms with van der Waals surface area (Å²) in [6.45, 7) is 8.79. The number of rotatable bonds is 7. The maximum Gasteiger partial charge on any atom is 0.220 e. The van der Waals surface area contributed by atoms with Gasteiger partial charge in [0.15, 0.2) is 0 Å². The van der Waals surface area contributed by atoms with Gasteiger partial charge in [-0.05, 0) is 99.6 Å². The van der Waals surface area contributed by atoms with E-state index in [0.717, 1.165) is 99.6 Å². The van der Waals surface area contributed by atoms with Crippen LogP contribution in [0.4, 0.5) is 5.69 Å². The zero-order valence-electron chi connectivity index (χ0n) is 42.5. The SMILES string of the molecule is Cc1cccc2c1n([C-]=Nc1c(-c3ccccc3)cccc1-c1ccccc1)c1[c-]c(Oc3[c-]c4c(cc3)c3ccccc3n4-c3cc(C(C)(C)C)ccn3)ccc1c1nc3ccccc3n1c1nc3ccccc3n21.[Pt]. The van der Waals surface area contributed by atoms with E-state index in [1.54, 1.807) is 0 Å². The van der Waals surface area contributed by atoms with Crippen molar-refractivity contribution in [1.82, 2.24) is 32.9 Å². The number of aromatic nitrogens is 7. The van der Waals surface area contributed by atoms with E-state index in [1.807, 2.05) is 59.3 Å². The average molecular weight is 1180 g/mol. The van der Waals surface area contributed by atoms with E-state index in [4.69, 9.17) is 24.7 Å². The van der Waals surface area contributed by atoms with Gasteiger partial charge in [-0.25, -0.2) is 15.0 Å². The number of benzene rings is 9. The van der Waals surface area contributed by atoms with Crippen LogP contribution in [0.3, 0.4) is 0 Å². The smallest absolute Gasteiger partial charge is 0.220 e. The van der Waals surface area contributed by atoms with Crippen molar-refractivity contribution in [3.8, 4) is 39.6 Å². The minimum atomic E-state index is -0.0733. The van der Waals surface area contributed by atoms with E-state index in [1.165, 1.54) is 5.56 Å². The zero-order chi connectivity index (χ0) is 51.1. The van der Waals surface area contributed by atoms with Crippen molar-refractivity contribution >= 4 is 89.3 Å². The Bertz CT molecular complexity index is 4670. The largest absolute Gasteiger partial charge is 0.510 e. The molecule has 0 radical (unpaired) electrons. The van der Waals surface area contributed by atoms with Gasteiger partial charge < -0.3 is 18.9 Å². The second kappa shape index (κ2) is 18.9. The van der Waals surface area contributed by atoms with Gasteiger partial charge in [-0.3, -0.25) is 8.80 Å². The summed E-state index contributed by atoms with van der Waals surface area (Å²) in [5.41, 5.74) is 15.3. The number of ether oxygens (including phenoxy) is 1. The minimum Gasteiger partial charge on any atom is -0.510 e. The van der Waals surface area contributed by atoms with E-state index in [9.17, 15) is 0 Å². The van der Waals surface area contributed by atoms with Crippen LogP contribution in [-0.4, -0.2) is 39.2 Å². The number of aliphatic imine (C=N–C) groups is 1. The summed E-state index contributed by atoms with van der Waals surface area (Å²) in [7, 11) is 0. The maximum atomic E-state index is 6.98. The molecule has 0 N–H and O–H groups in total. The Morgan fingerprint density at radius 1 is 0.532 bits per heavy atom. The molecule has 0 saturated carbocycles. The van der Waals surface area contributed by atoms with Crippen LogP contribution < -0.4 is 4.74 Å². The molecule has 5 aromatic heterocycles. The standard InChI is InChI=1S/C67H47N8O.Pt/c1-43-19-17-32-59-64(43)72(42-69-63-49(44-20-7-5-8-21-44)25-18-26-50(63)45-22-9-6-10-23-45)60-40-47(34-36-53(60)65-70-54-27-12-16-31-58(54)75(65)66-71-55-28-13-15-30-57(55)74(59)66)76-48-33-35-52-51-24-11-14-29-56(51)73(61(52)41-48)62-39-46(37-38-68-62)67(2,3)4;/h5-39H,1-4H3;/q-3;. The van der Waals surface area contributed by atoms with Crippen LogP contribution in [0, 0.1) is 19.1 Å². The number of aryl methyl sites for hydroxylation is 1. The predicted molar refractivity (Wildman–Crippen MR) is 309 cm³/mol. The first-order valence-corrected chi connectivity index (χ1v) is 25.5. The molecule has 374 valence electrons. The van der Waals surface area contributed by atoms with Gasteiger partial charge in [0.25, 0.3) is 0 Å². The molecule has 77 heavy (non-hydrogen) atoms. The second-order valence-corrected chi connectivity index (χ2v) is 20.2. The fourth-order valence-corrected chi connectivity index (χ4v) is 10.8. The molecule has 0 amide bonds. The third-order valence-electron chi connectivity index (χ3n) is 14.4. The van der Waals surface area contributed by atoms with Gasteiger partial charge in [0.05, 0.1) is 27.7 Å². The van der Waals surface area contributed by atoms with Gasteiger partial charge in [0.1, 0.15) is 5.82 Å². The third kappa shape index (κ3) is 8.05. The molecule has 0 unspecified atom stereocenters. The van der Waals surface area contributed by atoms with E-state index in [-0.39, 0.29) is 26.5 Å². The summed E-state index contributed by atoms with van der Waals surface area (Å²) in [5, 5.41) is 2.92. The number of para-hydroxylation sites is 7. The first-order valence-electron chi connectivity index (χ1n) is 25.5. The normalized spacial score (nSPS) is 12.0. The molecular formula is C67H47N8OPt-3. The summed E-state index contributed by atoms with van der Waals surface area (Å²) in [5.74, 6) is 2.50. The summed E-state index contributed by atoms with van der Waals surface area (Å²) >= 11 is 0. The maximum absolute atomic E-state index is 6.98. The summed E-state index contributed by atoms with van der Waals surface area (Å²) in [4.78, 5) is 21.3. The number of pyridine rings is 1. The molecule has 0 bridgehead atoms. The van der Waals surface area contributed by atoms with E-state index in [2.05, 4.69) is 217 Å². The van der Waals surface area contributed by atoms with Crippen LogP contribution in [0.1, 0.15) is 31.9 Å². The molecule has 0 saturated heterocycles. The van der Waals surface area contributed by atoms with Gasteiger partial charge >= 0.3 is 0 Å². The number of fused-ring (bicyclic) bond motifs is 14. The predicted octanol–water partition coefficient (Wildman–Crippen LogP) is 16.4. The Morgan fingerprint density at radius 3 is 1.82 bits per heavy atom. The van der Waals surface area contributed by atoms with Crippen molar-refractivity contribution in [3.05, 3.63) is 236 Å². The van der Waals surface area contributed by atoms with Crippen LogP contribution in [0.25, 0.3) is 105 Å². The third-order valence-corrected chi connectivity index (χ3v) is 14.4. The van der Waals surface area contributed by atoms with Crippen LogP contribution in [0.5, 0.6) is 11.5 Å².